The average Bonchev–Trinajstić information content (AvgIpc) is 3.11. The van der Waals surface area contributed by atoms with Gasteiger partial charge in [-0.2, -0.15) is 0 Å². The second kappa shape index (κ2) is 5.63. The molecule has 0 bridgehead atoms. The number of carbonyl (C=O) groups excluding carboxylic acids is 1. The van der Waals surface area contributed by atoms with Crippen LogP contribution in [0.5, 0.6) is 0 Å². The molecule has 1 aromatic heterocycles. The molecule has 1 aromatic rings. The Balaban J connectivity index is 0.00000120. The summed E-state index contributed by atoms with van der Waals surface area (Å²) in [7, 11) is 0. The van der Waals surface area contributed by atoms with Crippen molar-refractivity contribution < 1.29 is 4.79 Å². The molecule has 0 atom stereocenters. The second-order valence-electron chi connectivity index (χ2n) is 4.81. The van der Waals surface area contributed by atoms with Crippen molar-refractivity contribution in [3.8, 4) is 0 Å². The van der Waals surface area contributed by atoms with E-state index in [9.17, 15) is 4.79 Å². The van der Waals surface area contributed by atoms with Crippen molar-refractivity contribution in [3.05, 3.63) is 23.8 Å². The molecular weight excluding hydrogens is 252 g/mol. The number of aromatic nitrogens is 2. The Labute approximate surface area is 112 Å². The van der Waals surface area contributed by atoms with Gasteiger partial charge in [-0.15, -0.1) is 12.4 Å². The minimum Gasteiger partial charge on any atom is -0.350 e. The second-order valence-corrected chi connectivity index (χ2v) is 4.81. The molecule has 2 fully saturated rings. The summed E-state index contributed by atoms with van der Waals surface area (Å²) in [6, 6.07) is 1.68. The molecule has 1 aliphatic carbocycles. The predicted molar refractivity (Wildman–Crippen MR) is 69.9 cm³/mol. The van der Waals surface area contributed by atoms with Crippen molar-refractivity contribution >= 4 is 18.3 Å². The smallest absolute Gasteiger partial charge is 0.270 e. The summed E-state index contributed by atoms with van der Waals surface area (Å²) in [6.45, 7) is 2.73. The summed E-state index contributed by atoms with van der Waals surface area (Å²) in [5.74, 6) is 1.80. The third-order valence-electron chi connectivity index (χ3n) is 3.27. The number of hydrogen-bond acceptors (Lipinski definition) is 4. The van der Waals surface area contributed by atoms with Crippen molar-refractivity contribution in [2.24, 2.45) is 5.92 Å². The first kappa shape index (κ1) is 13.2. The highest BCUT2D eigenvalue weighted by Crippen LogP contribution is 2.37. The van der Waals surface area contributed by atoms with Crippen LogP contribution in [0.4, 0.5) is 0 Å². The van der Waals surface area contributed by atoms with Gasteiger partial charge in [-0.1, -0.05) is 0 Å². The lowest BCUT2D eigenvalue weighted by molar-refractivity contribution is 0.0936. The average molecular weight is 269 g/mol. The van der Waals surface area contributed by atoms with Crippen molar-refractivity contribution in [1.29, 1.82) is 0 Å². The van der Waals surface area contributed by atoms with Gasteiger partial charge in [0.2, 0.25) is 0 Å². The molecule has 0 spiro atoms. The predicted octanol–water partition coefficient (Wildman–Crippen LogP) is 0.725. The Morgan fingerprint density at radius 1 is 1.44 bits per heavy atom. The zero-order valence-electron chi connectivity index (χ0n) is 10.1. The van der Waals surface area contributed by atoms with E-state index in [0.717, 1.165) is 38.3 Å². The van der Waals surface area contributed by atoms with Crippen LogP contribution in [0.1, 0.15) is 35.1 Å². The van der Waals surface area contributed by atoms with Crippen LogP contribution in [0.2, 0.25) is 0 Å². The molecule has 98 valence electrons. The molecule has 2 N–H and O–H groups in total. The Kier molecular flexibility index (Phi) is 4.14. The zero-order chi connectivity index (χ0) is 11.7. The monoisotopic (exact) mass is 268 g/mol. The molecule has 3 rings (SSSR count). The molecule has 0 radical (unpaired) electrons. The van der Waals surface area contributed by atoms with Crippen LogP contribution in [0.3, 0.4) is 0 Å². The van der Waals surface area contributed by atoms with Crippen LogP contribution in [0, 0.1) is 5.92 Å². The van der Waals surface area contributed by atoms with Gasteiger partial charge in [-0.3, -0.25) is 4.79 Å². The summed E-state index contributed by atoms with van der Waals surface area (Å²) in [6.07, 6.45) is 3.98. The standard InChI is InChI=1S/C12H16N4O.ClH/c17-12(15-7-8-5-13-6-8)10-3-4-14-11(16-10)9-1-2-9;/h3-4,8-9,13H,1-2,5-7H2,(H,15,17);1H. The third kappa shape index (κ3) is 2.97. The van der Waals surface area contributed by atoms with Crippen LogP contribution in [-0.4, -0.2) is 35.5 Å². The lowest BCUT2D eigenvalue weighted by Gasteiger charge is -2.26. The summed E-state index contributed by atoms with van der Waals surface area (Å²) >= 11 is 0. The van der Waals surface area contributed by atoms with Crippen molar-refractivity contribution in [3.63, 3.8) is 0 Å². The first-order valence-corrected chi connectivity index (χ1v) is 6.15. The molecule has 2 aliphatic rings. The molecule has 18 heavy (non-hydrogen) atoms. The molecule has 6 heteroatoms. The molecule has 0 aromatic carbocycles. The van der Waals surface area contributed by atoms with Crippen LogP contribution in [0.15, 0.2) is 12.3 Å². The van der Waals surface area contributed by atoms with E-state index in [1.165, 1.54) is 0 Å². The minimum atomic E-state index is -0.0822. The van der Waals surface area contributed by atoms with Gasteiger partial charge in [-0.05, 0) is 18.9 Å². The molecule has 5 nitrogen and oxygen atoms in total. The Morgan fingerprint density at radius 3 is 2.83 bits per heavy atom. The normalized spacial score (nSPS) is 18.7. The fourth-order valence-corrected chi connectivity index (χ4v) is 1.86. The first-order valence-electron chi connectivity index (χ1n) is 6.15. The number of nitrogens with zero attached hydrogens (tertiary/aromatic N) is 2. The minimum absolute atomic E-state index is 0. The fraction of sp³-hybridized carbons (Fsp3) is 0.583. The van der Waals surface area contributed by atoms with Gasteiger partial charge >= 0.3 is 0 Å². The van der Waals surface area contributed by atoms with E-state index in [1.807, 2.05) is 0 Å². The van der Waals surface area contributed by atoms with Gasteiger partial charge in [0, 0.05) is 37.7 Å². The van der Waals surface area contributed by atoms with Crippen LogP contribution >= 0.6 is 12.4 Å². The summed E-state index contributed by atoms with van der Waals surface area (Å²) < 4.78 is 0. The topological polar surface area (TPSA) is 66.9 Å². The van der Waals surface area contributed by atoms with E-state index in [-0.39, 0.29) is 18.3 Å². The first-order chi connectivity index (χ1) is 8.33. The highest BCUT2D eigenvalue weighted by molar-refractivity contribution is 5.92. The molecule has 1 aliphatic heterocycles. The van der Waals surface area contributed by atoms with Gasteiger partial charge in [0.25, 0.3) is 5.91 Å². The number of rotatable bonds is 4. The van der Waals surface area contributed by atoms with Crippen molar-refractivity contribution in [2.75, 3.05) is 19.6 Å². The van der Waals surface area contributed by atoms with Crippen molar-refractivity contribution in [1.82, 2.24) is 20.6 Å². The summed E-state index contributed by atoms with van der Waals surface area (Å²) in [5.41, 5.74) is 0.495. The molecule has 1 saturated carbocycles. The van der Waals surface area contributed by atoms with E-state index in [2.05, 4.69) is 20.6 Å². The SMILES string of the molecule is Cl.O=C(NCC1CNC1)c1ccnc(C2CC2)n1. The largest absolute Gasteiger partial charge is 0.350 e. The highest BCUT2D eigenvalue weighted by Gasteiger charge is 2.27. The van der Waals surface area contributed by atoms with Crippen LogP contribution < -0.4 is 10.6 Å². The van der Waals surface area contributed by atoms with Gasteiger partial charge in [0.05, 0.1) is 0 Å². The molecule has 1 saturated heterocycles. The maximum Gasteiger partial charge on any atom is 0.270 e. The maximum absolute atomic E-state index is 11.9. The fourth-order valence-electron chi connectivity index (χ4n) is 1.86. The van der Waals surface area contributed by atoms with Gasteiger partial charge < -0.3 is 10.6 Å². The summed E-state index contributed by atoms with van der Waals surface area (Å²) in [4.78, 5) is 20.4. The molecule has 2 heterocycles. The maximum atomic E-state index is 11.9. The molecule has 1 amide bonds. The number of hydrogen-bond donors (Lipinski definition) is 2. The number of carbonyl (C=O) groups is 1. The lowest BCUT2D eigenvalue weighted by Crippen LogP contribution is -2.48. The van der Waals surface area contributed by atoms with E-state index in [4.69, 9.17) is 0 Å². The number of amides is 1. The number of halogens is 1. The Bertz CT molecular complexity index is 432. The molecule has 0 unspecified atom stereocenters. The quantitative estimate of drug-likeness (QED) is 0.845. The lowest BCUT2D eigenvalue weighted by atomic mass is 10.0. The van der Waals surface area contributed by atoms with Crippen molar-refractivity contribution in [2.45, 2.75) is 18.8 Å². The van der Waals surface area contributed by atoms with Crippen LogP contribution in [-0.2, 0) is 0 Å². The number of nitrogens with one attached hydrogen (secondary N) is 2. The highest BCUT2D eigenvalue weighted by atomic mass is 35.5. The van der Waals surface area contributed by atoms with Gasteiger partial charge in [-0.25, -0.2) is 9.97 Å². The summed E-state index contributed by atoms with van der Waals surface area (Å²) in [5, 5.41) is 6.10. The molecular formula is C12H17ClN4O. The van der Waals surface area contributed by atoms with E-state index in [1.54, 1.807) is 12.3 Å². The Hall–Kier alpha value is -1.20. The van der Waals surface area contributed by atoms with E-state index in [0.29, 0.717) is 17.5 Å². The van der Waals surface area contributed by atoms with Gasteiger partial charge in [0.15, 0.2) is 0 Å². The zero-order valence-corrected chi connectivity index (χ0v) is 10.9. The third-order valence-corrected chi connectivity index (χ3v) is 3.27. The van der Waals surface area contributed by atoms with E-state index < -0.39 is 0 Å². The van der Waals surface area contributed by atoms with E-state index >= 15 is 0 Å². The van der Waals surface area contributed by atoms with Gasteiger partial charge in [0.1, 0.15) is 11.5 Å². The Morgan fingerprint density at radius 2 is 2.22 bits per heavy atom. The van der Waals surface area contributed by atoms with Crippen LogP contribution in [0.25, 0.3) is 0 Å².